The van der Waals surface area contributed by atoms with E-state index < -0.39 is 0 Å². The van der Waals surface area contributed by atoms with Crippen LogP contribution in [0.1, 0.15) is 36.5 Å². The Labute approximate surface area is 163 Å². The first-order valence-corrected chi connectivity index (χ1v) is 10.4. The molecule has 1 aromatic carbocycles. The molecule has 0 radical (unpaired) electrons. The van der Waals surface area contributed by atoms with Gasteiger partial charge in [0.1, 0.15) is 5.82 Å². The van der Waals surface area contributed by atoms with Gasteiger partial charge >= 0.3 is 0 Å². The molecule has 142 valence electrons. The molecule has 3 aromatic rings. The molecule has 0 fully saturated rings. The van der Waals surface area contributed by atoms with Gasteiger partial charge < -0.3 is 9.88 Å². The van der Waals surface area contributed by atoms with Crippen molar-refractivity contribution >= 4 is 28.6 Å². The first kappa shape index (κ1) is 19.4. The number of nitrogens with zero attached hydrogens (tertiary/aromatic N) is 4. The fourth-order valence-corrected chi connectivity index (χ4v) is 3.56. The summed E-state index contributed by atoms with van der Waals surface area (Å²) in [5.74, 6) is 1.45. The molecule has 1 amide bonds. The fraction of sp³-hybridized carbons (Fsp3) is 0.400. The highest BCUT2D eigenvalue weighted by Gasteiger charge is 2.13. The van der Waals surface area contributed by atoms with Crippen LogP contribution in [0.5, 0.6) is 0 Å². The molecule has 3 rings (SSSR count). The number of para-hydroxylation sites is 1. The van der Waals surface area contributed by atoms with Gasteiger partial charge in [-0.15, -0.1) is 10.2 Å². The van der Waals surface area contributed by atoms with Crippen molar-refractivity contribution < 1.29 is 4.79 Å². The standard InChI is InChI=1S/C20H25N5OS/c1-14(2)13-25-18(23-24-20(25)27-3)9-6-11-22-19(26)16-10-12-21-17-8-5-4-7-15(16)17/h4-5,7-8,10,12,14H,6,9,11,13H2,1-3H3,(H,22,26). The van der Waals surface area contributed by atoms with Crippen LogP contribution in [0.4, 0.5) is 0 Å². The monoisotopic (exact) mass is 383 g/mol. The zero-order chi connectivity index (χ0) is 19.2. The first-order valence-electron chi connectivity index (χ1n) is 9.18. The average Bonchev–Trinajstić information content (AvgIpc) is 3.05. The van der Waals surface area contributed by atoms with Gasteiger partial charge in [-0.2, -0.15) is 0 Å². The first-order chi connectivity index (χ1) is 13.1. The van der Waals surface area contributed by atoms with Crippen LogP contribution in [0, 0.1) is 5.92 Å². The Morgan fingerprint density at radius 2 is 2.04 bits per heavy atom. The molecule has 7 heteroatoms. The third-order valence-corrected chi connectivity index (χ3v) is 4.95. The van der Waals surface area contributed by atoms with Crippen molar-refractivity contribution in [2.24, 2.45) is 5.92 Å². The third-order valence-electron chi connectivity index (χ3n) is 4.28. The highest BCUT2D eigenvalue weighted by atomic mass is 32.2. The summed E-state index contributed by atoms with van der Waals surface area (Å²) in [6, 6.07) is 9.45. The number of aryl methyl sites for hydroxylation is 1. The van der Waals surface area contributed by atoms with Gasteiger partial charge in [-0.05, 0) is 30.7 Å². The predicted octanol–water partition coefficient (Wildman–Crippen LogP) is 3.57. The van der Waals surface area contributed by atoms with E-state index in [1.807, 2.05) is 30.5 Å². The Hall–Kier alpha value is -2.41. The van der Waals surface area contributed by atoms with E-state index in [1.54, 1.807) is 24.0 Å². The summed E-state index contributed by atoms with van der Waals surface area (Å²) in [5, 5.41) is 13.4. The number of amides is 1. The van der Waals surface area contributed by atoms with Gasteiger partial charge in [-0.3, -0.25) is 9.78 Å². The molecule has 1 N–H and O–H groups in total. The van der Waals surface area contributed by atoms with E-state index in [-0.39, 0.29) is 5.91 Å². The summed E-state index contributed by atoms with van der Waals surface area (Å²) in [5.41, 5.74) is 1.49. The number of carbonyl (C=O) groups is 1. The lowest BCUT2D eigenvalue weighted by atomic mass is 10.1. The topological polar surface area (TPSA) is 72.7 Å². The van der Waals surface area contributed by atoms with Crippen LogP contribution in [0.2, 0.25) is 0 Å². The third kappa shape index (κ3) is 4.66. The fourth-order valence-electron chi connectivity index (χ4n) is 3.04. The van der Waals surface area contributed by atoms with E-state index in [4.69, 9.17) is 0 Å². The summed E-state index contributed by atoms with van der Waals surface area (Å²) >= 11 is 1.61. The zero-order valence-corrected chi connectivity index (χ0v) is 16.8. The van der Waals surface area contributed by atoms with Crippen LogP contribution < -0.4 is 5.32 Å². The molecule has 0 aliphatic rings. The van der Waals surface area contributed by atoms with Gasteiger partial charge in [-0.1, -0.05) is 43.8 Å². The lowest BCUT2D eigenvalue weighted by molar-refractivity contribution is 0.0954. The number of fused-ring (bicyclic) bond motifs is 1. The van der Waals surface area contributed by atoms with Crippen LogP contribution >= 0.6 is 11.8 Å². The smallest absolute Gasteiger partial charge is 0.252 e. The largest absolute Gasteiger partial charge is 0.352 e. The molecule has 0 aliphatic carbocycles. The summed E-state index contributed by atoms with van der Waals surface area (Å²) in [6.45, 7) is 5.88. The van der Waals surface area contributed by atoms with Gasteiger partial charge in [0.05, 0.1) is 11.1 Å². The maximum Gasteiger partial charge on any atom is 0.252 e. The van der Waals surface area contributed by atoms with Gasteiger partial charge in [0, 0.05) is 31.1 Å². The molecule has 0 saturated carbocycles. The number of nitrogens with one attached hydrogen (secondary N) is 1. The Kier molecular flexibility index (Phi) is 6.45. The number of pyridine rings is 1. The number of rotatable bonds is 8. The van der Waals surface area contributed by atoms with Crippen molar-refractivity contribution in [3.05, 3.63) is 47.9 Å². The minimum atomic E-state index is -0.0675. The van der Waals surface area contributed by atoms with Crippen LogP contribution in [-0.2, 0) is 13.0 Å². The second-order valence-electron chi connectivity index (χ2n) is 6.84. The number of hydrogen-bond donors (Lipinski definition) is 1. The molecule has 2 heterocycles. The number of carbonyl (C=O) groups excluding carboxylic acids is 1. The lowest BCUT2D eigenvalue weighted by Crippen LogP contribution is -2.25. The van der Waals surface area contributed by atoms with Crippen LogP contribution in [0.25, 0.3) is 10.9 Å². The van der Waals surface area contributed by atoms with Crippen molar-refractivity contribution in [3.8, 4) is 0 Å². The lowest BCUT2D eigenvalue weighted by Gasteiger charge is -2.12. The van der Waals surface area contributed by atoms with Gasteiger partial charge in [0.15, 0.2) is 5.16 Å². The van der Waals surface area contributed by atoms with Crippen molar-refractivity contribution in [1.82, 2.24) is 25.1 Å². The Morgan fingerprint density at radius 3 is 2.81 bits per heavy atom. The highest BCUT2D eigenvalue weighted by Crippen LogP contribution is 2.17. The molecule has 0 aliphatic heterocycles. The molecule has 2 aromatic heterocycles. The molecule has 6 nitrogen and oxygen atoms in total. The van der Waals surface area contributed by atoms with E-state index in [2.05, 4.69) is 38.9 Å². The Bertz CT molecular complexity index is 916. The van der Waals surface area contributed by atoms with Crippen molar-refractivity contribution in [3.63, 3.8) is 0 Å². The maximum atomic E-state index is 12.6. The number of aromatic nitrogens is 4. The van der Waals surface area contributed by atoms with E-state index in [1.165, 1.54) is 0 Å². The average molecular weight is 384 g/mol. The Morgan fingerprint density at radius 1 is 1.22 bits per heavy atom. The number of hydrogen-bond acceptors (Lipinski definition) is 5. The van der Waals surface area contributed by atoms with Crippen molar-refractivity contribution in [2.75, 3.05) is 12.8 Å². The van der Waals surface area contributed by atoms with E-state index >= 15 is 0 Å². The SMILES string of the molecule is CSc1nnc(CCCNC(=O)c2ccnc3ccccc23)n1CC(C)C. The van der Waals surface area contributed by atoms with E-state index in [9.17, 15) is 4.79 Å². The van der Waals surface area contributed by atoms with Crippen molar-refractivity contribution in [2.45, 2.75) is 38.4 Å². The second kappa shape index (κ2) is 8.99. The van der Waals surface area contributed by atoms with Crippen LogP contribution in [0.15, 0.2) is 41.7 Å². The Balaban J connectivity index is 1.59. The zero-order valence-electron chi connectivity index (χ0n) is 16.0. The van der Waals surface area contributed by atoms with Gasteiger partial charge in [0.25, 0.3) is 5.91 Å². The van der Waals surface area contributed by atoms with E-state index in [0.29, 0.717) is 18.0 Å². The predicted molar refractivity (Wildman–Crippen MR) is 109 cm³/mol. The number of benzene rings is 1. The van der Waals surface area contributed by atoms with Gasteiger partial charge in [-0.25, -0.2) is 0 Å². The van der Waals surface area contributed by atoms with E-state index in [0.717, 1.165) is 41.3 Å². The second-order valence-corrected chi connectivity index (χ2v) is 7.62. The van der Waals surface area contributed by atoms with Gasteiger partial charge in [0.2, 0.25) is 0 Å². The minimum Gasteiger partial charge on any atom is -0.352 e. The number of thioether (sulfide) groups is 1. The summed E-state index contributed by atoms with van der Waals surface area (Å²) < 4.78 is 2.19. The quantitative estimate of drug-likeness (QED) is 0.476. The normalized spacial score (nSPS) is 11.3. The summed E-state index contributed by atoms with van der Waals surface area (Å²) in [7, 11) is 0. The van der Waals surface area contributed by atoms with Crippen LogP contribution in [-0.4, -0.2) is 38.5 Å². The molecule has 0 spiro atoms. The molecule has 0 bridgehead atoms. The molecule has 0 unspecified atom stereocenters. The van der Waals surface area contributed by atoms with Crippen molar-refractivity contribution in [1.29, 1.82) is 0 Å². The highest BCUT2D eigenvalue weighted by molar-refractivity contribution is 7.98. The molecular weight excluding hydrogens is 358 g/mol. The maximum absolute atomic E-state index is 12.6. The summed E-state index contributed by atoms with van der Waals surface area (Å²) in [6.07, 6.45) is 5.30. The molecule has 0 saturated heterocycles. The molecule has 0 atom stereocenters. The minimum absolute atomic E-state index is 0.0675. The molecule has 27 heavy (non-hydrogen) atoms. The van der Waals surface area contributed by atoms with Crippen LogP contribution in [0.3, 0.4) is 0 Å². The molecular formula is C20H25N5OS. The summed E-state index contributed by atoms with van der Waals surface area (Å²) in [4.78, 5) is 16.9.